The second-order valence-corrected chi connectivity index (χ2v) is 7.38. The van der Waals surface area contributed by atoms with Gasteiger partial charge in [-0.25, -0.2) is 8.42 Å². The van der Waals surface area contributed by atoms with E-state index in [1.165, 1.54) is 18.2 Å². The minimum absolute atomic E-state index is 0.0251. The van der Waals surface area contributed by atoms with Crippen molar-refractivity contribution in [3.05, 3.63) is 60.2 Å². The lowest BCUT2D eigenvalue weighted by Crippen LogP contribution is -2.30. The number of rotatable bonds is 7. The molecule has 0 radical (unpaired) electrons. The number of para-hydroxylation sites is 1. The summed E-state index contributed by atoms with van der Waals surface area (Å²) >= 11 is 0. The van der Waals surface area contributed by atoms with Gasteiger partial charge in [0.1, 0.15) is 0 Å². The first-order valence-electron chi connectivity index (χ1n) is 7.66. The maximum absolute atomic E-state index is 13.0. The van der Waals surface area contributed by atoms with Gasteiger partial charge in [0, 0.05) is 13.1 Å². The number of nitrogens with zero attached hydrogens (tertiary/aromatic N) is 1. The Morgan fingerprint density at radius 2 is 1.56 bits per heavy atom. The molecule has 0 fully saturated rings. The molecule has 0 spiro atoms. The van der Waals surface area contributed by atoms with Crippen LogP contribution in [0.5, 0.6) is 0 Å². The van der Waals surface area contributed by atoms with Crippen LogP contribution in [0.25, 0.3) is 0 Å². The van der Waals surface area contributed by atoms with E-state index in [1.807, 2.05) is 30.3 Å². The first kappa shape index (κ1) is 19.3. The molecule has 0 unspecified atom stereocenters. The Hall–Kier alpha value is -2.06. The molecular weight excluding hydrogens is 353 g/mol. The molecule has 136 valence electrons. The number of benzene rings is 2. The molecule has 0 atom stereocenters. The van der Waals surface area contributed by atoms with E-state index in [1.54, 1.807) is 4.90 Å². The third-order valence-electron chi connectivity index (χ3n) is 3.65. The minimum atomic E-state index is -5.44. The Morgan fingerprint density at radius 1 is 0.960 bits per heavy atom. The molecule has 0 saturated carbocycles. The van der Waals surface area contributed by atoms with E-state index in [0.29, 0.717) is 19.5 Å². The van der Waals surface area contributed by atoms with Crippen LogP contribution in [0, 0.1) is 0 Å². The van der Waals surface area contributed by atoms with Crippen LogP contribution in [-0.4, -0.2) is 27.0 Å². The number of hydrogen-bond donors (Lipinski definition) is 1. The number of nitrogens with two attached hydrogens (primary N) is 1. The van der Waals surface area contributed by atoms with Gasteiger partial charge in [0.05, 0.1) is 10.6 Å². The first-order chi connectivity index (χ1) is 11.8. The summed E-state index contributed by atoms with van der Waals surface area (Å²) in [5, 5.41) is 0. The Kier molecular flexibility index (Phi) is 6.07. The highest BCUT2D eigenvalue weighted by Gasteiger charge is 2.48. The molecule has 0 saturated heterocycles. The Labute approximate surface area is 145 Å². The lowest BCUT2D eigenvalue weighted by molar-refractivity contribution is -0.0435. The second-order valence-electron chi connectivity index (χ2n) is 5.47. The molecule has 2 aromatic carbocycles. The van der Waals surface area contributed by atoms with Gasteiger partial charge in [-0.05, 0) is 30.7 Å². The Balaban J connectivity index is 2.47. The largest absolute Gasteiger partial charge is 0.501 e. The van der Waals surface area contributed by atoms with E-state index >= 15 is 0 Å². The van der Waals surface area contributed by atoms with Crippen LogP contribution in [0.1, 0.15) is 12.0 Å². The second kappa shape index (κ2) is 7.88. The predicted octanol–water partition coefficient (Wildman–Crippen LogP) is 3.34. The standard InChI is InChI=1S/C17H19F3N2O2S/c18-17(19,20)25(23,24)16-10-5-4-9-15(16)22(12-6-11-21)13-14-7-2-1-3-8-14/h1-5,7-10H,6,11-13,21H2. The SMILES string of the molecule is NCCCN(Cc1ccccc1)c1ccccc1S(=O)(=O)C(F)(F)F. The maximum atomic E-state index is 13.0. The van der Waals surface area contributed by atoms with Crippen molar-refractivity contribution in [1.29, 1.82) is 0 Å². The zero-order valence-electron chi connectivity index (χ0n) is 13.4. The number of alkyl halides is 3. The van der Waals surface area contributed by atoms with E-state index < -0.39 is 20.2 Å². The fourth-order valence-corrected chi connectivity index (χ4v) is 3.42. The molecule has 25 heavy (non-hydrogen) atoms. The number of halogens is 3. The Bertz CT molecular complexity index is 793. The molecular formula is C17H19F3N2O2S. The van der Waals surface area contributed by atoms with Crippen molar-refractivity contribution in [3.63, 3.8) is 0 Å². The molecule has 2 aromatic rings. The number of anilines is 1. The molecule has 4 nitrogen and oxygen atoms in total. The summed E-state index contributed by atoms with van der Waals surface area (Å²) in [6.45, 7) is 0.973. The lowest BCUT2D eigenvalue weighted by atomic mass is 10.2. The third-order valence-corrected chi connectivity index (χ3v) is 5.18. The monoisotopic (exact) mass is 372 g/mol. The molecule has 0 aliphatic rings. The van der Waals surface area contributed by atoms with Gasteiger partial charge in [-0.2, -0.15) is 13.2 Å². The van der Waals surface area contributed by atoms with Gasteiger partial charge in [0.15, 0.2) is 0 Å². The van der Waals surface area contributed by atoms with E-state index in [4.69, 9.17) is 5.73 Å². The number of sulfone groups is 1. The van der Waals surface area contributed by atoms with Crippen LogP contribution in [0.3, 0.4) is 0 Å². The van der Waals surface area contributed by atoms with Crippen LogP contribution in [0.4, 0.5) is 18.9 Å². The van der Waals surface area contributed by atoms with Crippen molar-refractivity contribution in [2.45, 2.75) is 23.4 Å². The summed E-state index contributed by atoms with van der Waals surface area (Å²) < 4.78 is 62.9. The fraction of sp³-hybridized carbons (Fsp3) is 0.294. The van der Waals surface area contributed by atoms with Gasteiger partial charge in [0.25, 0.3) is 9.84 Å². The van der Waals surface area contributed by atoms with Crippen LogP contribution in [-0.2, 0) is 16.4 Å². The summed E-state index contributed by atoms with van der Waals surface area (Å²) in [5.41, 5.74) is 1.05. The van der Waals surface area contributed by atoms with E-state index in [2.05, 4.69) is 0 Å². The summed E-state index contributed by atoms with van der Waals surface area (Å²) in [6, 6.07) is 14.3. The normalized spacial score (nSPS) is 12.2. The highest BCUT2D eigenvalue weighted by molar-refractivity contribution is 7.92. The lowest BCUT2D eigenvalue weighted by Gasteiger charge is -2.27. The predicted molar refractivity (Wildman–Crippen MR) is 90.8 cm³/mol. The van der Waals surface area contributed by atoms with E-state index in [9.17, 15) is 21.6 Å². The van der Waals surface area contributed by atoms with E-state index in [-0.39, 0.29) is 12.2 Å². The zero-order valence-corrected chi connectivity index (χ0v) is 14.2. The fourth-order valence-electron chi connectivity index (χ4n) is 2.44. The number of hydrogen-bond acceptors (Lipinski definition) is 4. The van der Waals surface area contributed by atoms with Crippen molar-refractivity contribution in [1.82, 2.24) is 0 Å². The quantitative estimate of drug-likeness (QED) is 0.810. The molecule has 8 heteroatoms. The summed E-state index contributed by atoms with van der Waals surface area (Å²) in [7, 11) is -5.44. The molecule has 2 rings (SSSR count). The van der Waals surface area contributed by atoms with Gasteiger partial charge in [-0.15, -0.1) is 0 Å². The van der Waals surface area contributed by atoms with Gasteiger partial charge in [0.2, 0.25) is 0 Å². The molecule has 2 N–H and O–H groups in total. The highest BCUT2D eigenvalue weighted by Crippen LogP contribution is 2.36. The highest BCUT2D eigenvalue weighted by atomic mass is 32.2. The van der Waals surface area contributed by atoms with Crippen molar-refractivity contribution in [3.8, 4) is 0 Å². The molecule has 0 aromatic heterocycles. The summed E-state index contributed by atoms with van der Waals surface area (Å²) in [5.74, 6) is 0. The molecule has 0 bridgehead atoms. The summed E-state index contributed by atoms with van der Waals surface area (Å²) in [6.07, 6.45) is 0.521. The smallest absolute Gasteiger partial charge is 0.366 e. The third kappa shape index (κ3) is 4.52. The van der Waals surface area contributed by atoms with Crippen molar-refractivity contribution >= 4 is 15.5 Å². The molecule has 0 aliphatic carbocycles. The van der Waals surface area contributed by atoms with Crippen LogP contribution in [0.2, 0.25) is 0 Å². The van der Waals surface area contributed by atoms with Crippen LogP contribution in [0.15, 0.2) is 59.5 Å². The average Bonchev–Trinajstić information content (AvgIpc) is 2.58. The zero-order chi connectivity index (χ0) is 18.5. The Morgan fingerprint density at radius 3 is 2.16 bits per heavy atom. The van der Waals surface area contributed by atoms with E-state index in [0.717, 1.165) is 11.6 Å². The molecule has 0 heterocycles. The average molecular weight is 372 g/mol. The minimum Gasteiger partial charge on any atom is -0.366 e. The topological polar surface area (TPSA) is 63.4 Å². The van der Waals surface area contributed by atoms with Gasteiger partial charge in [-0.1, -0.05) is 42.5 Å². The van der Waals surface area contributed by atoms with Crippen molar-refractivity contribution in [2.24, 2.45) is 5.73 Å². The molecule has 0 amide bonds. The first-order valence-corrected chi connectivity index (χ1v) is 9.15. The van der Waals surface area contributed by atoms with Gasteiger partial charge < -0.3 is 10.6 Å². The molecule has 0 aliphatic heterocycles. The van der Waals surface area contributed by atoms with Gasteiger partial charge in [-0.3, -0.25) is 0 Å². The maximum Gasteiger partial charge on any atom is 0.501 e. The van der Waals surface area contributed by atoms with Crippen molar-refractivity contribution in [2.75, 3.05) is 18.0 Å². The van der Waals surface area contributed by atoms with Crippen LogP contribution < -0.4 is 10.6 Å². The van der Waals surface area contributed by atoms with Gasteiger partial charge >= 0.3 is 5.51 Å². The van der Waals surface area contributed by atoms with Crippen molar-refractivity contribution < 1.29 is 21.6 Å². The van der Waals surface area contributed by atoms with Crippen LogP contribution >= 0.6 is 0 Å². The summed E-state index contributed by atoms with van der Waals surface area (Å²) in [4.78, 5) is 0.872.